The molecular formula is C21H20FN5O2S. The number of nitrogens with zero attached hydrogens (tertiary/aromatic N) is 3. The van der Waals surface area contributed by atoms with Crippen LogP contribution in [0, 0.1) is 5.82 Å². The first-order chi connectivity index (χ1) is 14.6. The number of aromatic nitrogens is 2. The Morgan fingerprint density at radius 3 is 2.50 bits per heavy atom. The number of rotatable bonds is 4. The molecular weight excluding hydrogens is 405 g/mol. The molecule has 0 radical (unpaired) electrons. The number of hydrogen-bond acceptors (Lipinski definition) is 5. The molecule has 1 fully saturated rings. The molecule has 0 spiro atoms. The molecule has 7 nitrogen and oxygen atoms in total. The summed E-state index contributed by atoms with van der Waals surface area (Å²) in [4.78, 5) is 26.7. The van der Waals surface area contributed by atoms with E-state index >= 15 is 0 Å². The van der Waals surface area contributed by atoms with E-state index in [1.807, 2.05) is 18.2 Å². The van der Waals surface area contributed by atoms with E-state index in [-0.39, 0.29) is 23.7 Å². The van der Waals surface area contributed by atoms with Crippen LogP contribution in [0.25, 0.3) is 0 Å². The maximum absolute atomic E-state index is 13.0. The summed E-state index contributed by atoms with van der Waals surface area (Å²) < 4.78 is 13.0. The summed E-state index contributed by atoms with van der Waals surface area (Å²) >= 11 is 1.25. The fraction of sp³-hybridized carbons (Fsp3) is 0.238. The average Bonchev–Trinajstić information content (AvgIpc) is 3.27. The Kier molecular flexibility index (Phi) is 5.99. The number of piperidine rings is 1. The maximum atomic E-state index is 13.0. The third kappa shape index (κ3) is 4.80. The SMILES string of the molecule is O=C(Nc1ccccc1)c1nnc(C2CCCN(C(=O)Nc3ccc(F)cc3)C2)s1. The van der Waals surface area contributed by atoms with Crippen molar-refractivity contribution in [1.82, 2.24) is 15.1 Å². The first kappa shape index (κ1) is 20.0. The standard InChI is InChI=1S/C21H20FN5O2S/c22-15-8-10-17(11-9-15)24-21(29)27-12-4-5-14(13-27)19-25-26-20(30-19)18(28)23-16-6-2-1-3-7-16/h1-3,6-11,14H,4-5,12-13H2,(H,23,28)(H,24,29). The molecule has 1 aliphatic heterocycles. The van der Waals surface area contributed by atoms with Crippen LogP contribution in [0.3, 0.4) is 0 Å². The number of urea groups is 1. The van der Waals surface area contributed by atoms with Gasteiger partial charge in [-0.15, -0.1) is 10.2 Å². The molecule has 2 N–H and O–H groups in total. The summed E-state index contributed by atoms with van der Waals surface area (Å²) in [7, 11) is 0. The number of anilines is 2. The van der Waals surface area contributed by atoms with Crippen LogP contribution in [-0.2, 0) is 0 Å². The molecule has 1 aliphatic rings. The van der Waals surface area contributed by atoms with Gasteiger partial charge in [-0.3, -0.25) is 4.79 Å². The van der Waals surface area contributed by atoms with Crippen molar-refractivity contribution in [2.45, 2.75) is 18.8 Å². The van der Waals surface area contributed by atoms with Gasteiger partial charge in [-0.2, -0.15) is 0 Å². The molecule has 3 amide bonds. The fourth-order valence-corrected chi connectivity index (χ4v) is 4.16. The van der Waals surface area contributed by atoms with E-state index in [2.05, 4.69) is 20.8 Å². The lowest BCUT2D eigenvalue weighted by Gasteiger charge is -2.31. The van der Waals surface area contributed by atoms with Crippen LogP contribution in [0.5, 0.6) is 0 Å². The predicted octanol–water partition coefficient (Wildman–Crippen LogP) is 4.34. The summed E-state index contributed by atoms with van der Waals surface area (Å²) in [5.74, 6) is -0.630. The lowest BCUT2D eigenvalue weighted by atomic mass is 9.99. The molecule has 30 heavy (non-hydrogen) atoms. The molecule has 1 unspecified atom stereocenters. The van der Waals surface area contributed by atoms with Gasteiger partial charge in [-0.05, 0) is 49.2 Å². The highest BCUT2D eigenvalue weighted by Crippen LogP contribution is 2.29. The zero-order valence-corrected chi connectivity index (χ0v) is 16.9. The second-order valence-electron chi connectivity index (χ2n) is 6.99. The summed E-state index contributed by atoms with van der Waals surface area (Å²) in [5.41, 5.74) is 1.24. The number of amides is 3. The number of likely N-dealkylation sites (tertiary alicyclic amines) is 1. The van der Waals surface area contributed by atoms with Gasteiger partial charge < -0.3 is 15.5 Å². The zero-order valence-electron chi connectivity index (χ0n) is 16.0. The van der Waals surface area contributed by atoms with E-state index < -0.39 is 0 Å². The highest BCUT2D eigenvalue weighted by Gasteiger charge is 2.28. The summed E-state index contributed by atoms with van der Waals surface area (Å²) in [6.07, 6.45) is 1.70. The smallest absolute Gasteiger partial charge is 0.321 e. The van der Waals surface area contributed by atoms with E-state index in [0.29, 0.717) is 29.5 Å². The topological polar surface area (TPSA) is 87.2 Å². The van der Waals surface area contributed by atoms with E-state index in [9.17, 15) is 14.0 Å². The minimum atomic E-state index is -0.352. The average molecular weight is 425 g/mol. The lowest BCUT2D eigenvalue weighted by Crippen LogP contribution is -2.41. The number of para-hydroxylation sites is 1. The Balaban J connectivity index is 1.38. The van der Waals surface area contributed by atoms with Crippen LogP contribution < -0.4 is 10.6 Å². The Hall–Kier alpha value is -3.33. The fourth-order valence-electron chi connectivity index (χ4n) is 3.30. The normalized spacial score (nSPS) is 16.2. The zero-order chi connectivity index (χ0) is 20.9. The van der Waals surface area contributed by atoms with Crippen LogP contribution in [0.4, 0.5) is 20.6 Å². The van der Waals surface area contributed by atoms with Crippen LogP contribution in [0.1, 0.15) is 33.6 Å². The number of carbonyl (C=O) groups is 2. The highest BCUT2D eigenvalue weighted by molar-refractivity contribution is 7.13. The molecule has 0 aliphatic carbocycles. The van der Waals surface area contributed by atoms with E-state index in [1.54, 1.807) is 17.0 Å². The van der Waals surface area contributed by atoms with Crippen molar-refractivity contribution in [3.8, 4) is 0 Å². The number of benzene rings is 2. The van der Waals surface area contributed by atoms with Crippen molar-refractivity contribution >= 4 is 34.6 Å². The Morgan fingerprint density at radius 2 is 1.73 bits per heavy atom. The third-order valence-electron chi connectivity index (χ3n) is 4.82. The van der Waals surface area contributed by atoms with Gasteiger partial charge in [0.25, 0.3) is 5.91 Å². The van der Waals surface area contributed by atoms with Gasteiger partial charge in [0.05, 0.1) is 0 Å². The molecule has 0 bridgehead atoms. The van der Waals surface area contributed by atoms with Gasteiger partial charge in [-0.25, -0.2) is 9.18 Å². The van der Waals surface area contributed by atoms with Crippen molar-refractivity contribution in [1.29, 1.82) is 0 Å². The quantitative estimate of drug-likeness (QED) is 0.651. The van der Waals surface area contributed by atoms with E-state index in [0.717, 1.165) is 17.8 Å². The van der Waals surface area contributed by atoms with Crippen molar-refractivity contribution in [2.24, 2.45) is 0 Å². The Morgan fingerprint density at radius 1 is 1.00 bits per heavy atom. The number of hydrogen-bond donors (Lipinski definition) is 2. The second-order valence-corrected chi connectivity index (χ2v) is 8.00. The minimum absolute atomic E-state index is 0.0218. The number of nitrogens with one attached hydrogen (secondary N) is 2. The predicted molar refractivity (Wildman–Crippen MR) is 113 cm³/mol. The Bertz CT molecular complexity index is 1030. The minimum Gasteiger partial charge on any atom is -0.324 e. The Labute approximate surface area is 176 Å². The first-order valence-corrected chi connectivity index (χ1v) is 10.4. The molecule has 1 atom stereocenters. The van der Waals surface area contributed by atoms with Gasteiger partial charge in [0, 0.05) is 30.4 Å². The highest BCUT2D eigenvalue weighted by atomic mass is 32.1. The van der Waals surface area contributed by atoms with Crippen molar-refractivity contribution in [3.63, 3.8) is 0 Å². The van der Waals surface area contributed by atoms with Gasteiger partial charge in [0.1, 0.15) is 10.8 Å². The lowest BCUT2D eigenvalue weighted by molar-refractivity contribution is 0.102. The second kappa shape index (κ2) is 9.00. The molecule has 0 saturated carbocycles. The number of halogens is 1. The summed E-state index contributed by atoms with van der Waals surface area (Å²) in [5, 5.41) is 14.9. The van der Waals surface area contributed by atoms with Gasteiger partial charge in [-0.1, -0.05) is 29.5 Å². The maximum Gasteiger partial charge on any atom is 0.321 e. The van der Waals surface area contributed by atoms with E-state index in [4.69, 9.17) is 0 Å². The molecule has 1 aromatic heterocycles. The van der Waals surface area contributed by atoms with Crippen LogP contribution in [0.15, 0.2) is 54.6 Å². The van der Waals surface area contributed by atoms with Gasteiger partial charge in [0.15, 0.2) is 0 Å². The molecule has 2 aromatic carbocycles. The largest absolute Gasteiger partial charge is 0.324 e. The number of carbonyl (C=O) groups excluding carboxylic acids is 2. The summed E-state index contributed by atoms with van der Waals surface area (Å²) in [6, 6.07) is 14.6. The molecule has 3 aromatic rings. The molecule has 9 heteroatoms. The first-order valence-electron chi connectivity index (χ1n) is 9.60. The van der Waals surface area contributed by atoms with Gasteiger partial charge >= 0.3 is 6.03 Å². The van der Waals surface area contributed by atoms with Crippen LogP contribution in [-0.4, -0.2) is 40.1 Å². The van der Waals surface area contributed by atoms with Crippen LogP contribution >= 0.6 is 11.3 Å². The molecule has 4 rings (SSSR count). The molecule has 2 heterocycles. The molecule has 1 saturated heterocycles. The molecule has 154 valence electrons. The van der Waals surface area contributed by atoms with Crippen molar-refractivity contribution in [3.05, 3.63) is 70.4 Å². The third-order valence-corrected chi connectivity index (χ3v) is 5.90. The monoisotopic (exact) mass is 425 g/mol. The van der Waals surface area contributed by atoms with Crippen molar-refractivity contribution in [2.75, 3.05) is 23.7 Å². The summed E-state index contributed by atoms with van der Waals surface area (Å²) in [6.45, 7) is 1.12. The van der Waals surface area contributed by atoms with E-state index in [1.165, 1.54) is 35.6 Å². The van der Waals surface area contributed by atoms with Crippen molar-refractivity contribution < 1.29 is 14.0 Å². The van der Waals surface area contributed by atoms with Gasteiger partial charge in [0.2, 0.25) is 5.01 Å². The van der Waals surface area contributed by atoms with Crippen LogP contribution in [0.2, 0.25) is 0 Å².